The zero-order valence-corrected chi connectivity index (χ0v) is 10.7. The lowest BCUT2D eigenvalue weighted by molar-refractivity contribution is -0.136. The average molecular weight is 275 g/mol. The van der Waals surface area contributed by atoms with Gasteiger partial charge in [-0.2, -0.15) is 13.2 Å². The van der Waals surface area contributed by atoms with Gasteiger partial charge >= 0.3 is 6.18 Å². The zero-order valence-electron chi connectivity index (χ0n) is 10.7. The second-order valence-electron chi connectivity index (χ2n) is 4.29. The number of hydrogen-bond acceptors (Lipinski definition) is 3. The van der Waals surface area contributed by atoms with Crippen LogP contribution in [0.1, 0.15) is 22.3 Å². The highest BCUT2D eigenvalue weighted by Gasteiger charge is 2.28. The molecule has 0 aromatic heterocycles. The molecule has 19 heavy (non-hydrogen) atoms. The second kappa shape index (κ2) is 5.92. The first-order chi connectivity index (χ1) is 8.74. The van der Waals surface area contributed by atoms with Crippen LogP contribution in [0.2, 0.25) is 0 Å². The van der Waals surface area contributed by atoms with Gasteiger partial charge in [0.05, 0.1) is 17.7 Å². The Bertz CT molecular complexity index is 460. The second-order valence-corrected chi connectivity index (χ2v) is 4.29. The zero-order chi connectivity index (χ0) is 14.6. The quantitative estimate of drug-likeness (QED) is 0.655. The molecule has 0 radical (unpaired) electrons. The topological polar surface area (TPSA) is 58.4 Å². The minimum Gasteiger partial charge on any atom is -0.341 e. The Kier molecular flexibility index (Phi) is 4.77. The van der Waals surface area contributed by atoms with E-state index < -0.39 is 18.5 Å². The molecule has 0 atom stereocenters. The molecule has 0 fully saturated rings. The van der Waals surface area contributed by atoms with E-state index in [2.05, 4.69) is 5.43 Å². The molecule has 0 aliphatic carbocycles. The van der Waals surface area contributed by atoms with Crippen molar-refractivity contribution in [3.8, 4) is 0 Å². The molecule has 1 amide bonds. The Morgan fingerprint density at radius 1 is 1.42 bits per heavy atom. The van der Waals surface area contributed by atoms with Gasteiger partial charge in [-0.15, -0.1) is 0 Å². The predicted molar refractivity (Wildman–Crippen MR) is 66.6 cm³/mol. The van der Waals surface area contributed by atoms with Crippen LogP contribution in [0, 0.1) is 6.92 Å². The maximum atomic E-state index is 12.1. The molecule has 106 valence electrons. The summed E-state index contributed by atoms with van der Waals surface area (Å²) >= 11 is 0. The van der Waals surface area contributed by atoms with Crippen LogP contribution < -0.4 is 11.3 Å². The van der Waals surface area contributed by atoms with Crippen LogP contribution in [0.25, 0.3) is 0 Å². The third-order valence-corrected chi connectivity index (χ3v) is 2.64. The molecule has 0 heterocycles. The number of amides is 1. The highest BCUT2D eigenvalue weighted by atomic mass is 19.4. The number of carbonyl (C=O) groups excluding carboxylic acids is 1. The molecule has 4 nitrogen and oxygen atoms in total. The molecular weight excluding hydrogens is 259 g/mol. The van der Waals surface area contributed by atoms with Crippen LogP contribution in [0.4, 0.5) is 18.9 Å². The lowest BCUT2D eigenvalue weighted by Crippen LogP contribution is -2.31. The van der Waals surface area contributed by atoms with Gasteiger partial charge in [0, 0.05) is 13.6 Å². The summed E-state index contributed by atoms with van der Waals surface area (Å²) in [5.41, 5.74) is 3.83. The van der Waals surface area contributed by atoms with E-state index in [1.54, 1.807) is 25.1 Å². The molecule has 0 saturated carbocycles. The number of nitrogens with two attached hydrogens (primary N) is 1. The van der Waals surface area contributed by atoms with E-state index in [4.69, 9.17) is 5.84 Å². The summed E-state index contributed by atoms with van der Waals surface area (Å²) in [6.07, 6.45) is -5.32. The first-order valence-electron chi connectivity index (χ1n) is 5.64. The number of anilines is 1. The predicted octanol–water partition coefficient (Wildman–Crippen LogP) is 2.31. The summed E-state index contributed by atoms with van der Waals surface area (Å²) < 4.78 is 36.4. The summed E-state index contributed by atoms with van der Waals surface area (Å²) in [6, 6.07) is 4.95. The number of carbonyl (C=O) groups is 1. The van der Waals surface area contributed by atoms with E-state index >= 15 is 0 Å². The minimum atomic E-state index is -4.28. The molecule has 0 bridgehead atoms. The lowest BCUT2D eigenvalue weighted by Gasteiger charge is -2.20. The van der Waals surface area contributed by atoms with Crippen LogP contribution in [0.5, 0.6) is 0 Å². The molecular formula is C12H16F3N3O. The van der Waals surface area contributed by atoms with Gasteiger partial charge in [-0.3, -0.25) is 10.6 Å². The lowest BCUT2D eigenvalue weighted by atomic mass is 10.1. The minimum absolute atomic E-state index is 0.257. The third-order valence-electron chi connectivity index (χ3n) is 2.64. The Labute approximate surface area is 109 Å². The molecule has 0 saturated heterocycles. The summed E-state index contributed by atoms with van der Waals surface area (Å²) in [7, 11) is 1.33. The number of nitrogens with one attached hydrogen (secondary N) is 1. The number of alkyl halides is 3. The van der Waals surface area contributed by atoms with Crippen molar-refractivity contribution in [3.05, 3.63) is 29.3 Å². The maximum absolute atomic E-state index is 12.1. The van der Waals surface area contributed by atoms with E-state index in [9.17, 15) is 18.0 Å². The highest BCUT2D eigenvalue weighted by molar-refractivity contribution is 5.99. The fourth-order valence-corrected chi connectivity index (χ4v) is 1.56. The van der Waals surface area contributed by atoms with Gasteiger partial charge in [-0.05, 0) is 19.1 Å². The van der Waals surface area contributed by atoms with E-state index in [0.29, 0.717) is 5.69 Å². The van der Waals surface area contributed by atoms with Crippen molar-refractivity contribution in [1.29, 1.82) is 0 Å². The average Bonchev–Trinajstić information content (AvgIpc) is 2.34. The van der Waals surface area contributed by atoms with Crippen molar-refractivity contribution in [2.75, 3.05) is 19.0 Å². The largest absolute Gasteiger partial charge is 0.390 e. The van der Waals surface area contributed by atoms with Crippen LogP contribution in [-0.2, 0) is 0 Å². The Morgan fingerprint density at radius 3 is 2.58 bits per heavy atom. The first kappa shape index (κ1) is 15.3. The van der Waals surface area contributed by atoms with E-state index in [1.165, 1.54) is 7.05 Å². The Balaban J connectivity index is 2.84. The SMILES string of the molecule is Cc1ccc(NN)c(C(=O)N(C)CCC(F)(F)F)c1. The fourth-order valence-electron chi connectivity index (χ4n) is 1.56. The van der Waals surface area contributed by atoms with E-state index in [-0.39, 0.29) is 12.1 Å². The van der Waals surface area contributed by atoms with E-state index in [1.807, 2.05) is 0 Å². The number of hydrazine groups is 1. The molecule has 0 aliphatic heterocycles. The van der Waals surface area contributed by atoms with Crippen LogP contribution in [0.3, 0.4) is 0 Å². The van der Waals surface area contributed by atoms with Crippen LogP contribution in [0.15, 0.2) is 18.2 Å². The molecule has 0 aliphatic rings. The number of benzene rings is 1. The molecule has 1 aromatic carbocycles. The number of nitrogens with zero attached hydrogens (tertiary/aromatic N) is 1. The standard InChI is InChI=1S/C12H16F3N3O/c1-8-3-4-10(17-16)9(7-8)11(19)18(2)6-5-12(13,14)15/h3-4,7,17H,5-6,16H2,1-2H3. The molecule has 0 spiro atoms. The highest BCUT2D eigenvalue weighted by Crippen LogP contribution is 2.21. The first-order valence-corrected chi connectivity index (χ1v) is 5.64. The van der Waals surface area contributed by atoms with Gasteiger partial charge in [-0.1, -0.05) is 11.6 Å². The van der Waals surface area contributed by atoms with Gasteiger partial charge in [0.1, 0.15) is 0 Å². The number of aryl methyl sites for hydroxylation is 1. The van der Waals surface area contributed by atoms with Crippen LogP contribution in [-0.4, -0.2) is 30.6 Å². The molecule has 1 rings (SSSR count). The number of halogens is 3. The number of nitrogen functional groups attached to an aromatic ring is 1. The summed E-state index contributed by atoms with van der Waals surface area (Å²) in [5.74, 6) is 4.78. The maximum Gasteiger partial charge on any atom is 0.390 e. The summed E-state index contributed by atoms with van der Waals surface area (Å²) in [6.45, 7) is 1.40. The van der Waals surface area contributed by atoms with Gasteiger partial charge in [0.2, 0.25) is 0 Å². The Morgan fingerprint density at radius 2 is 2.05 bits per heavy atom. The van der Waals surface area contributed by atoms with Crippen molar-refractivity contribution < 1.29 is 18.0 Å². The van der Waals surface area contributed by atoms with Gasteiger partial charge in [-0.25, -0.2) is 0 Å². The van der Waals surface area contributed by atoms with E-state index in [0.717, 1.165) is 10.5 Å². The summed E-state index contributed by atoms with van der Waals surface area (Å²) in [4.78, 5) is 13.1. The molecule has 1 aromatic rings. The summed E-state index contributed by atoms with van der Waals surface area (Å²) in [5, 5.41) is 0. The van der Waals surface area contributed by atoms with Gasteiger partial charge in [0.25, 0.3) is 5.91 Å². The third kappa shape index (κ3) is 4.44. The normalized spacial score (nSPS) is 11.3. The smallest absolute Gasteiger partial charge is 0.341 e. The monoisotopic (exact) mass is 275 g/mol. The van der Waals surface area contributed by atoms with Crippen molar-refractivity contribution in [2.24, 2.45) is 5.84 Å². The fraction of sp³-hybridized carbons (Fsp3) is 0.417. The van der Waals surface area contributed by atoms with Crippen molar-refractivity contribution in [1.82, 2.24) is 4.90 Å². The number of hydrogen-bond donors (Lipinski definition) is 2. The van der Waals surface area contributed by atoms with Crippen LogP contribution >= 0.6 is 0 Å². The molecule has 3 N–H and O–H groups in total. The van der Waals surface area contributed by atoms with Gasteiger partial charge in [0.15, 0.2) is 0 Å². The van der Waals surface area contributed by atoms with Crippen molar-refractivity contribution in [3.63, 3.8) is 0 Å². The van der Waals surface area contributed by atoms with Crippen molar-refractivity contribution >= 4 is 11.6 Å². The van der Waals surface area contributed by atoms with Crippen molar-refractivity contribution in [2.45, 2.75) is 19.5 Å². The van der Waals surface area contributed by atoms with Gasteiger partial charge < -0.3 is 10.3 Å². The Hall–Kier alpha value is -1.76. The number of rotatable bonds is 4. The molecule has 0 unspecified atom stereocenters. The molecule has 7 heteroatoms.